The molecule has 0 unspecified atom stereocenters. The predicted molar refractivity (Wildman–Crippen MR) is 305 cm³/mol. The molecule has 0 atom stereocenters. The van der Waals surface area contributed by atoms with Crippen molar-refractivity contribution in [3.05, 3.63) is 258 Å². The molecule has 0 saturated carbocycles. The quantitative estimate of drug-likeness (QED) is 0.150. The van der Waals surface area contributed by atoms with E-state index in [1.54, 1.807) is 0 Å². The third-order valence-corrected chi connectivity index (χ3v) is 17.1. The lowest BCUT2D eigenvalue weighted by Gasteiger charge is -2.31. The fourth-order valence-corrected chi connectivity index (χ4v) is 13.3. The molecule has 3 aliphatic rings. The number of fused-ring (bicyclic) bond motifs is 11. The van der Waals surface area contributed by atoms with Crippen LogP contribution in [0.2, 0.25) is 0 Å². The van der Waals surface area contributed by atoms with E-state index in [1.165, 1.54) is 139 Å². The van der Waals surface area contributed by atoms with Crippen LogP contribution in [0.5, 0.6) is 0 Å². The van der Waals surface area contributed by atoms with Gasteiger partial charge in [-0.15, -0.1) is 0 Å². The predicted octanol–water partition coefficient (Wildman–Crippen LogP) is 19.4. The molecule has 0 N–H and O–H groups in total. The van der Waals surface area contributed by atoms with Crippen LogP contribution in [-0.2, 0) is 16.2 Å². The van der Waals surface area contributed by atoms with Gasteiger partial charge in [-0.3, -0.25) is 0 Å². The number of anilines is 3. The van der Waals surface area contributed by atoms with Gasteiger partial charge in [0.25, 0.3) is 0 Å². The third kappa shape index (κ3) is 6.07. The van der Waals surface area contributed by atoms with E-state index in [0.29, 0.717) is 0 Å². The minimum atomic E-state index is -0.256. The number of hydrogen-bond acceptors (Lipinski definition) is 1. The molecule has 0 heterocycles. The van der Waals surface area contributed by atoms with Crippen LogP contribution in [0, 0.1) is 0 Å². The SMILES string of the molecule is CC1(C)c2ccccc2-c2ccc(N(c3ccc4c(c3)C(C)(C)c3ccccc3-4)c3ccc4c(c3)C(C)(C)c3cc(-c5ccc6c(-c7ccccc7)c7ccccc7c(-c7ccccc7)c6c5)ccc3-4)cc21. The zero-order valence-corrected chi connectivity index (χ0v) is 41.8. The normalized spacial score (nSPS) is 14.9. The maximum Gasteiger partial charge on any atom is 0.0465 e. The molecule has 14 rings (SSSR count). The highest BCUT2D eigenvalue weighted by Gasteiger charge is 2.40. The zero-order chi connectivity index (χ0) is 48.7. The van der Waals surface area contributed by atoms with Crippen molar-refractivity contribution in [1.82, 2.24) is 0 Å². The Balaban J connectivity index is 0.908. The summed E-state index contributed by atoms with van der Waals surface area (Å²) in [5.41, 5.74) is 26.7. The molecule has 0 radical (unpaired) electrons. The Morgan fingerprint density at radius 1 is 0.236 bits per heavy atom. The number of rotatable bonds is 6. The summed E-state index contributed by atoms with van der Waals surface area (Å²) in [6.45, 7) is 14.4. The van der Waals surface area contributed by atoms with E-state index in [-0.39, 0.29) is 16.2 Å². The highest BCUT2D eigenvalue weighted by atomic mass is 15.1. The van der Waals surface area contributed by atoms with Gasteiger partial charge in [0.05, 0.1) is 0 Å². The number of hydrogen-bond donors (Lipinski definition) is 0. The molecular weight excluding hydrogens is 867 g/mol. The third-order valence-electron chi connectivity index (χ3n) is 17.1. The summed E-state index contributed by atoms with van der Waals surface area (Å²) in [4.78, 5) is 2.52. The van der Waals surface area contributed by atoms with E-state index in [0.717, 1.165) is 0 Å². The number of nitrogens with zero attached hydrogens (tertiary/aromatic N) is 1. The van der Waals surface area contributed by atoms with Crippen molar-refractivity contribution in [2.45, 2.75) is 57.8 Å². The molecule has 0 spiro atoms. The lowest BCUT2D eigenvalue weighted by Crippen LogP contribution is -2.19. The van der Waals surface area contributed by atoms with E-state index >= 15 is 0 Å². The van der Waals surface area contributed by atoms with Gasteiger partial charge >= 0.3 is 0 Å². The topological polar surface area (TPSA) is 3.24 Å². The summed E-state index contributed by atoms with van der Waals surface area (Å²) in [6, 6.07) is 84.7. The second-order valence-electron chi connectivity index (χ2n) is 22.0. The molecule has 0 amide bonds. The van der Waals surface area contributed by atoms with Gasteiger partial charge in [0, 0.05) is 33.3 Å². The first-order chi connectivity index (χ1) is 35.0. The van der Waals surface area contributed by atoms with Gasteiger partial charge in [-0.2, -0.15) is 0 Å². The molecule has 1 heteroatoms. The van der Waals surface area contributed by atoms with Gasteiger partial charge in [0.2, 0.25) is 0 Å². The summed E-state index contributed by atoms with van der Waals surface area (Å²) in [7, 11) is 0. The largest absolute Gasteiger partial charge is 0.310 e. The van der Waals surface area contributed by atoms with Crippen molar-refractivity contribution < 1.29 is 0 Å². The minimum Gasteiger partial charge on any atom is -0.310 e. The highest BCUT2D eigenvalue weighted by Crippen LogP contribution is 2.56. The smallest absolute Gasteiger partial charge is 0.0465 e. The second kappa shape index (κ2) is 15.4. The Labute approximate surface area is 423 Å². The number of benzene rings is 11. The van der Waals surface area contributed by atoms with Crippen LogP contribution in [0.15, 0.2) is 224 Å². The Bertz CT molecular complexity index is 3950. The summed E-state index contributed by atoms with van der Waals surface area (Å²) in [6.07, 6.45) is 0. The average Bonchev–Trinajstić information content (AvgIpc) is 3.89. The first-order valence-corrected chi connectivity index (χ1v) is 25.7. The molecule has 0 fully saturated rings. The van der Waals surface area contributed by atoms with Gasteiger partial charge in [0.15, 0.2) is 0 Å². The van der Waals surface area contributed by atoms with E-state index in [2.05, 4.69) is 271 Å². The Morgan fingerprint density at radius 2 is 0.569 bits per heavy atom. The van der Waals surface area contributed by atoms with Crippen molar-refractivity contribution in [3.8, 4) is 66.8 Å². The second-order valence-corrected chi connectivity index (χ2v) is 22.0. The molecule has 0 bridgehead atoms. The van der Waals surface area contributed by atoms with Crippen molar-refractivity contribution >= 4 is 38.6 Å². The van der Waals surface area contributed by atoms with Crippen molar-refractivity contribution in [2.24, 2.45) is 0 Å². The minimum absolute atomic E-state index is 0.124. The summed E-state index contributed by atoms with van der Waals surface area (Å²) < 4.78 is 0. The maximum atomic E-state index is 2.52. The summed E-state index contributed by atoms with van der Waals surface area (Å²) in [5, 5.41) is 5.07. The maximum absolute atomic E-state index is 2.52. The van der Waals surface area contributed by atoms with Crippen LogP contribution in [0.4, 0.5) is 17.1 Å². The van der Waals surface area contributed by atoms with Crippen LogP contribution in [-0.4, -0.2) is 0 Å². The van der Waals surface area contributed by atoms with E-state index < -0.39 is 0 Å². The van der Waals surface area contributed by atoms with Gasteiger partial charge in [0.1, 0.15) is 0 Å². The molecule has 72 heavy (non-hydrogen) atoms. The molecule has 1 nitrogen and oxygen atoms in total. The molecule has 11 aromatic carbocycles. The first-order valence-electron chi connectivity index (χ1n) is 25.7. The summed E-state index contributed by atoms with van der Waals surface area (Å²) in [5.74, 6) is 0. The van der Waals surface area contributed by atoms with Crippen molar-refractivity contribution in [2.75, 3.05) is 4.90 Å². The van der Waals surface area contributed by atoms with Crippen molar-refractivity contribution in [3.63, 3.8) is 0 Å². The van der Waals surface area contributed by atoms with Crippen LogP contribution in [0.3, 0.4) is 0 Å². The van der Waals surface area contributed by atoms with Gasteiger partial charge in [-0.05, 0) is 170 Å². The van der Waals surface area contributed by atoms with Gasteiger partial charge < -0.3 is 4.90 Å². The van der Waals surface area contributed by atoms with E-state index in [9.17, 15) is 0 Å². The molecule has 3 aliphatic carbocycles. The van der Waals surface area contributed by atoms with Gasteiger partial charge in [-0.25, -0.2) is 0 Å². The fraction of sp³-hybridized carbons (Fsp3) is 0.127. The lowest BCUT2D eigenvalue weighted by molar-refractivity contribution is 0.659. The average molecular weight is 922 g/mol. The van der Waals surface area contributed by atoms with E-state index in [1.807, 2.05) is 0 Å². The Kier molecular flexibility index (Phi) is 9.09. The Hall–Kier alpha value is -8.26. The molecule has 0 aliphatic heterocycles. The highest BCUT2D eigenvalue weighted by molar-refractivity contribution is 6.22. The van der Waals surface area contributed by atoms with Gasteiger partial charge in [-0.1, -0.05) is 217 Å². The lowest BCUT2D eigenvalue weighted by atomic mass is 9.81. The van der Waals surface area contributed by atoms with Crippen LogP contribution in [0.25, 0.3) is 88.3 Å². The standard InChI is InChI=1S/C71H55N/c1-69(2)61-27-17-15-23-51(61)54-36-31-48(41-64(54)69)72(49-32-37-55-52-24-16-18-28-62(52)70(3,4)65(55)42-49)50-33-38-56-53-34-29-47(40-63(53)71(5,6)66(56)43-50)46-30-35-59-60(39-46)68(45-21-11-8-12-22-45)58-26-14-13-25-57(58)67(59)44-19-9-7-10-20-44/h7-43H,1-6H3. The van der Waals surface area contributed by atoms with Crippen molar-refractivity contribution in [1.29, 1.82) is 0 Å². The molecule has 0 aromatic heterocycles. The monoisotopic (exact) mass is 921 g/mol. The van der Waals surface area contributed by atoms with Crippen LogP contribution < -0.4 is 4.90 Å². The van der Waals surface area contributed by atoms with Crippen LogP contribution >= 0.6 is 0 Å². The molecule has 0 saturated heterocycles. The molecular formula is C71H55N. The van der Waals surface area contributed by atoms with Crippen LogP contribution in [0.1, 0.15) is 74.9 Å². The molecule has 11 aromatic rings. The Morgan fingerprint density at radius 3 is 1.06 bits per heavy atom. The van der Waals surface area contributed by atoms with E-state index in [4.69, 9.17) is 0 Å². The molecule has 344 valence electrons. The first kappa shape index (κ1) is 42.6. The summed E-state index contributed by atoms with van der Waals surface area (Å²) >= 11 is 0. The fourth-order valence-electron chi connectivity index (χ4n) is 13.3. The zero-order valence-electron chi connectivity index (χ0n) is 41.8.